The van der Waals surface area contributed by atoms with Crippen LogP contribution in [0.15, 0.2) is 24.3 Å². The molecule has 1 aromatic carbocycles. The Labute approximate surface area is 126 Å². The minimum Gasteiger partial charge on any atom is -0.427 e. The Bertz CT molecular complexity index is 534. The molecule has 1 aromatic rings. The van der Waals surface area contributed by atoms with E-state index in [0.29, 0.717) is 0 Å². The first kappa shape index (κ1) is 19.3. The Morgan fingerprint density at radius 3 is 2.14 bits per heavy atom. The maximum atomic E-state index is 11.4. The summed E-state index contributed by atoms with van der Waals surface area (Å²) in [5.74, 6) is -0.446. The lowest BCUT2D eigenvalue weighted by Crippen LogP contribution is -2.25. The van der Waals surface area contributed by atoms with Gasteiger partial charge in [0, 0.05) is 18.3 Å². The number of carbonyl (C=O) groups is 2. The maximum absolute atomic E-state index is 11.4. The van der Waals surface area contributed by atoms with Gasteiger partial charge in [-0.05, 0) is 32.9 Å². The summed E-state index contributed by atoms with van der Waals surface area (Å²) in [7, 11) is 0. The highest BCUT2D eigenvalue weighted by molar-refractivity contribution is 5.75. The van der Waals surface area contributed by atoms with Gasteiger partial charge in [-0.2, -0.15) is 0 Å². The summed E-state index contributed by atoms with van der Waals surface area (Å²) < 4.78 is 14.0. The average Bonchev–Trinajstić information content (AvgIpc) is 2.38. The number of carbonyl (C=O) groups excluding carboxylic acids is 2. The van der Waals surface area contributed by atoms with Gasteiger partial charge in [-0.25, -0.2) is 4.79 Å². The topological polar surface area (TPSA) is 135 Å². The molecule has 9 heteroatoms. The van der Waals surface area contributed by atoms with Gasteiger partial charge in [0.2, 0.25) is 6.79 Å². The van der Waals surface area contributed by atoms with Crippen LogP contribution in [0, 0.1) is 15.5 Å². The van der Waals surface area contributed by atoms with E-state index in [0.717, 1.165) is 0 Å². The number of benzene rings is 1. The standard InChI is InChI=1S/C13H15NO7.N/c1-13(2,3)11(15)19-8-20-12(16)21-10-6-4-9(5-7-10)14(17)18;/h4-7H,8H2,1-3H3;. The van der Waals surface area contributed by atoms with E-state index in [4.69, 9.17) is 9.47 Å². The van der Waals surface area contributed by atoms with Crippen molar-refractivity contribution in [2.75, 3.05) is 6.79 Å². The molecule has 0 aliphatic rings. The van der Waals surface area contributed by atoms with Crippen LogP contribution in [0.2, 0.25) is 0 Å². The highest BCUT2D eigenvalue weighted by Crippen LogP contribution is 2.18. The van der Waals surface area contributed by atoms with Crippen molar-refractivity contribution in [1.29, 1.82) is 0 Å². The van der Waals surface area contributed by atoms with E-state index >= 15 is 0 Å². The molecule has 119 valence electrons. The predicted molar refractivity (Wildman–Crippen MR) is 72.8 cm³/mol. The molecule has 0 aliphatic heterocycles. The third-order valence-electron chi connectivity index (χ3n) is 2.23. The zero-order valence-corrected chi connectivity index (χ0v) is 12.3. The van der Waals surface area contributed by atoms with Crippen molar-refractivity contribution in [3.63, 3.8) is 0 Å². The normalized spacial score (nSPS) is 10.1. The Morgan fingerprint density at radius 2 is 1.68 bits per heavy atom. The van der Waals surface area contributed by atoms with E-state index in [1.165, 1.54) is 24.3 Å². The molecular weight excluding hydrogens is 296 g/mol. The Kier molecular flexibility index (Phi) is 6.97. The second-order valence-electron chi connectivity index (χ2n) is 5.05. The molecule has 0 heterocycles. The van der Waals surface area contributed by atoms with Crippen LogP contribution >= 0.6 is 0 Å². The predicted octanol–water partition coefficient (Wildman–Crippen LogP) is 2.18. The molecule has 0 fully saturated rings. The lowest BCUT2D eigenvalue weighted by atomic mass is 9.98. The third-order valence-corrected chi connectivity index (χ3v) is 2.23. The first-order valence-corrected chi connectivity index (χ1v) is 5.96. The van der Waals surface area contributed by atoms with E-state index in [1.807, 2.05) is 0 Å². The number of hydrogen-bond donors (Lipinski definition) is 0. The lowest BCUT2D eigenvalue weighted by molar-refractivity contribution is -0.384. The summed E-state index contributed by atoms with van der Waals surface area (Å²) in [4.78, 5) is 32.6. The Morgan fingerprint density at radius 1 is 1.14 bits per heavy atom. The molecule has 0 aliphatic carbocycles. The molecule has 0 aromatic heterocycles. The van der Waals surface area contributed by atoms with E-state index in [1.54, 1.807) is 20.8 Å². The number of nitrogens with zero attached hydrogens (tertiary/aromatic N) is 2. The largest absolute Gasteiger partial charge is 0.516 e. The van der Waals surface area contributed by atoms with Gasteiger partial charge in [0.15, 0.2) is 0 Å². The molecule has 9 nitrogen and oxygen atoms in total. The fourth-order valence-corrected chi connectivity index (χ4v) is 1.11. The summed E-state index contributed by atoms with van der Waals surface area (Å²) in [6.07, 6.45) is -1.08. The first-order chi connectivity index (χ1) is 9.70. The molecule has 22 heavy (non-hydrogen) atoms. The van der Waals surface area contributed by atoms with Gasteiger partial charge in [-0.15, -0.1) is 0 Å². The Balaban J connectivity index is 0.00000441. The van der Waals surface area contributed by atoms with Crippen LogP contribution < -0.4 is 10.9 Å². The van der Waals surface area contributed by atoms with Gasteiger partial charge >= 0.3 is 12.1 Å². The smallest absolute Gasteiger partial charge is 0.427 e. The summed E-state index contributed by atoms with van der Waals surface area (Å²) in [5, 5.41) is 10.4. The van der Waals surface area contributed by atoms with E-state index < -0.39 is 29.3 Å². The number of hydrogen-bond acceptors (Lipinski definition) is 7. The summed E-state index contributed by atoms with van der Waals surface area (Å²) >= 11 is 0. The quantitative estimate of drug-likeness (QED) is 0.273. The summed E-state index contributed by atoms with van der Waals surface area (Å²) in [5.41, 5.74) is -0.833. The molecule has 0 N–H and O–H groups in total. The second kappa shape index (κ2) is 7.93. The molecule has 0 bridgehead atoms. The average molecular weight is 311 g/mol. The first-order valence-electron chi connectivity index (χ1n) is 5.96. The van der Waals surface area contributed by atoms with Crippen LogP contribution in [0.25, 0.3) is 0 Å². The summed E-state index contributed by atoms with van der Waals surface area (Å²) in [6, 6.07) is 4.87. The molecular formula is C13H15N2O7. The molecule has 1 rings (SSSR count). The maximum Gasteiger partial charge on any atom is 0.516 e. The van der Waals surface area contributed by atoms with Crippen LogP contribution in [0.4, 0.5) is 10.5 Å². The number of nitro benzene ring substituents is 1. The zero-order valence-electron chi connectivity index (χ0n) is 12.3. The molecule has 0 saturated carbocycles. The number of nitro groups is 1. The third kappa shape index (κ3) is 6.18. The number of esters is 1. The van der Waals surface area contributed by atoms with Gasteiger partial charge < -0.3 is 14.2 Å². The second-order valence-corrected chi connectivity index (χ2v) is 5.05. The van der Waals surface area contributed by atoms with Crippen LogP contribution in [0.3, 0.4) is 0 Å². The molecule has 0 amide bonds. The van der Waals surface area contributed by atoms with Gasteiger partial charge in [-0.1, -0.05) is 0 Å². The molecule has 0 spiro atoms. The summed E-state index contributed by atoms with van der Waals surface area (Å²) in [6.45, 7) is 4.40. The lowest BCUT2D eigenvalue weighted by Gasteiger charge is -2.16. The van der Waals surface area contributed by atoms with E-state index in [9.17, 15) is 19.7 Å². The minimum atomic E-state index is -1.08. The van der Waals surface area contributed by atoms with Crippen molar-refractivity contribution in [1.82, 2.24) is 6.15 Å². The van der Waals surface area contributed by atoms with Crippen LogP contribution in [0.5, 0.6) is 5.75 Å². The highest BCUT2D eigenvalue weighted by Gasteiger charge is 2.23. The van der Waals surface area contributed by atoms with Crippen molar-refractivity contribution in [3.05, 3.63) is 34.4 Å². The highest BCUT2D eigenvalue weighted by atomic mass is 16.8. The van der Waals surface area contributed by atoms with Crippen LogP contribution in [-0.2, 0) is 14.3 Å². The number of non-ortho nitro benzene ring substituents is 1. The van der Waals surface area contributed by atoms with Crippen molar-refractivity contribution in [2.24, 2.45) is 5.41 Å². The monoisotopic (exact) mass is 311 g/mol. The van der Waals surface area contributed by atoms with Crippen molar-refractivity contribution >= 4 is 17.8 Å². The van der Waals surface area contributed by atoms with Gasteiger partial charge in [-0.3, -0.25) is 14.9 Å². The fraction of sp³-hybridized carbons (Fsp3) is 0.385. The van der Waals surface area contributed by atoms with Crippen LogP contribution in [-0.4, -0.2) is 23.8 Å². The Hall–Kier alpha value is -2.68. The van der Waals surface area contributed by atoms with Gasteiger partial charge in [0.05, 0.1) is 10.3 Å². The molecule has 0 saturated heterocycles. The van der Waals surface area contributed by atoms with Gasteiger partial charge in [0.1, 0.15) is 5.75 Å². The number of ether oxygens (including phenoxy) is 3. The number of rotatable bonds is 4. The van der Waals surface area contributed by atoms with Crippen molar-refractivity contribution in [3.8, 4) is 5.75 Å². The fourth-order valence-electron chi connectivity index (χ4n) is 1.11. The van der Waals surface area contributed by atoms with Crippen molar-refractivity contribution < 1.29 is 28.7 Å². The van der Waals surface area contributed by atoms with Crippen LogP contribution in [0.1, 0.15) is 20.8 Å². The molecule has 0 unspecified atom stereocenters. The minimum absolute atomic E-state index is 0. The van der Waals surface area contributed by atoms with Gasteiger partial charge in [0.25, 0.3) is 5.69 Å². The molecule has 3 radical (unpaired) electrons. The zero-order chi connectivity index (χ0) is 16.0. The van der Waals surface area contributed by atoms with E-state index in [2.05, 4.69) is 4.74 Å². The van der Waals surface area contributed by atoms with E-state index in [-0.39, 0.29) is 17.6 Å². The molecule has 0 atom stereocenters. The SMILES string of the molecule is CC(C)(C)C(=O)OCOC(=O)Oc1ccc([N+](=O)[O-])cc1.[N]. The van der Waals surface area contributed by atoms with Crippen molar-refractivity contribution in [2.45, 2.75) is 20.8 Å².